The van der Waals surface area contributed by atoms with Crippen molar-refractivity contribution in [2.45, 2.75) is 39.5 Å². The number of aryl methyl sites for hydroxylation is 1. The van der Waals surface area contributed by atoms with Crippen LogP contribution < -0.4 is 5.73 Å². The molecule has 1 aromatic carbocycles. The molecular formula is C13H19NO. The summed E-state index contributed by atoms with van der Waals surface area (Å²) in [5.74, 6) is -0.276. The van der Waals surface area contributed by atoms with Gasteiger partial charge >= 0.3 is 0 Å². The van der Waals surface area contributed by atoms with Gasteiger partial charge in [-0.2, -0.15) is 0 Å². The van der Waals surface area contributed by atoms with Crippen molar-refractivity contribution in [3.8, 4) is 0 Å². The lowest BCUT2D eigenvalue weighted by atomic mass is 9.85. The van der Waals surface area contributed by atoms with Crippen molar-refractivity contribution in [1.29, 1.82) is 0 Å². The first-order chi connectivity index (χ1) is 6.80. The molecule has 0 fully saturated rings. The van der Waals surface area contributed by atoms with E-state index in [0.29, 0.717) is 6.42 Å². The Morgan fingerprint density at radius 1 is 1.33 bits per heavy atom. The molecular weight excluding hydrogens is 186 g/mol. The molecule has 0 aliphatic carbocycles. The number of benzene rings is 1. The highest BCUT2D eigenvalue weighted by Gasteiger charge is 2.14. The van der Waals surface area contributed by atoms with Gasteiger partial charge in [-0.05, 0) is 29.0 Å². The van der Waals surface area contributed by atoms with Crippen molar-refractivity contribution >= 4 is 5.91 Å². The zero-order valence-electron chi connectivity index (χ0n) is 9.92. The first kappa shape index (κ1) is 11.8. The third-order valence-electron chi connectivity index (χ3n) is 2.57. The molecule has 2 heteroatoms. The average Bonchev–Trinajstić information content (AvgIpc) is 2.05. The fraction of sp³-hybridized carbons (Fsp3) is 0.462. The second kappa shape index (κ2) is 4.05. The molecule has 1 amide bonds. The average molecular weight is 205 g/mol. The Hall–Kier alpha value is -1.31. The predicted molar refractivity (Wildman–Crippen MR) is 62.8 cm³/mol. The smallest absolute Gasteiger partial charge is 0.221 e. The lowest BCUT2D eigenvalue weighted by Crippen LogP contribution is -2.16. The molecule has 0 aromatic heterocycles. The van der Waals surface area contributed by atoms with Crippen LogP contribution in [0, 0.1) is 6.92 Å². The molecule has 15 heavy (non-hydrogen) atoms. The summed E-state index contributed by atoms with van der Waals surface area (Å²) in [7, 11) is 0. The van der Waals surface area contributed by atoms with Gasteiger partial charge in [-0.25, -0.2) is 0 Å². The topological polar surface area (TPSA) is 43.1 Å². The maximum atomic E-state index is 10.8. The fourth-order valence-corrected chi connectivity index (χ4v) is 1.55. The first-order valence-corrected chi connectivity index (χ1v) is 5.19. The van der Waals surface area contributed by atoms with Crippen molar-refractivity contribution in [3.63, 3.8) is 0 Å². The number of hydrogen-bond acceptors (Lipinski definition) is 1. The van der Waals surface area contributed by atoms with Crippen molar-refractivity contribution < 1.29 is 4.79 Å². The van der Waals surface area contributed by atoms with E-state index in [-0.39, 0.29) is 11.3 Å². The van der Waals surface area contributed by atoms with E-state index in [9.17, 15) is 4.79 Å². The Labute approximate surface area is 91.5 Å². The van der Waals surface area contributed by atoms with Gasteiger partial charge in [-0.3, -0.25) is 4.79 Å². The van der Waals surface area contributed by atoms with Gasteiger partial charge in [-0.1, -0.05) is 39.0 Å². The van der Waals surface area contributed by atoms with E-state index in [0.717, 1.165) is 11.1 Å². The molecule has 0 aliphatic heterocycles. The van der Waals surface area contributed by atoms with Gasteiger partial charge in [0.15, 0.2) is 0 Å². The highest BCUT2D eigenvalue weighted by Crippen LogP contribution is 2.24. The van der Waals surface area contributed by atoms with Crippen LogP contribution in [-0.4, -0.2) is 5.91 Å². The van der Waals surface area contributed by atoms with Crippen molar-refractivity contribution in [2.24, 2.45) is 5.73 Å². The zero-order chi connectivity index (χ0) is 11.6. The monoisotopic (exact) mass is 205 g/mol. The molecule has 1 aromatic rings. The van der Waals surface area contributed by atoms with Crippen molar-refractivity contribution in [3.05, 3.63) is 34.9 Å². The molecule has 2 nitrogen and oxygen atoms in total. The summed E-state index contributed by atoms with van der Waals surface area (Å²) in [6.07, 6.45) is 0.330. The number of hydrogen-bond donors (Lipinski definition) is 1. The molecule has 0 spiro atoms. The van der Waals surface area contributed by atoms with E-state index in [1.165, 1.54) is 5.56 Å². The molecule has 0 unspecified atom stereocenters. The van der Waals surface area contributed by atoms with Gasteiger partial charge in [0.1, 0.15) is 0 Å². The van der Waals surface area contributed by atoms with Gasteiger partial charge in [0.2, 0.25) is 5.91 Å². The van der Waals surface area contributed by atoms with Crippen LogP contribution in [0.1, 0.15) is 37.5 Å². The third-order valence-corrected chi connectivity index (χ3v) is 2.57. The van der Waals surface area contributed by atoms with Crippen LogP contribution in [0.5, 0.6) is 0 Å². The molecule has 0 atom stereocenters. The van der Waals surface area contributed by atoms with Crippen LogP contribution >= 0.6 is 0 Å². The fourth-order valence-electron chi connectivity index (χ4n) is 1.55. The van der Waals surface area contributed by atoms with Gasteiger partial charge in [0, 0.05) is 0 Å². The minimum atomic E-state index is -0.276. The summed E-state index contributed by atoms with van der Waals surface area (Å²) >= 11 is 0. The highest BCUT2D eigenvalue weighted by molar-refractivity contribution is 5.77. The Kier molecular flexibility index (Phi) is 3.18. The molecule has 0 radical (unpaired) electrons. The van der Waals surface area contributed by atoms with E-state index in [2.05, 4.69) is 32.9 Å². The van der Waals surface area contributed by atoms with Gasteiger partial charge in [0.05, 0.1) is 6.42 Å². The van der Waals surface area contributed by atoms with Crippen LogP contribution in [0.2, 0.25) is 0 Å². The van der Waals surface area contributed by atoms with Gasteiger partial charge in [0.25, 0.3) is 0 Å². The van der Waals surface area contributed by atoms with Crippen LogP contribution in [-0.2, 0) is 16.6 Å². The SMILES string of the molecule is Cc1cc(C(C)(C)C)ccc1CC(N)=O. The normalized spacial score (nSPS) is 11.5. The molecule has 1 rings (SSSR count). The van der Waals surface area contributed by atoms with Crippen LogP contribution in [0.25, 0.3) is 0 Å². The number of amides is 1. The van der Waals surface area contributed by atoms with E-state index in [4.69, 9.17) is 5.73 Å². The molecule has 0 aliphatic rings. The van der Waals surface area contributed by atoms with Gasteiger partial charge < -0.3 is 5.73 Å². The molecule has 0 saturated heterocycles. The van der Waals surface area contributed by atoms with E-state index in [1.807, 2.05) is 13.0 Å². The zero-order valence-corrected chi connectivity index (χ0v) is 9.92. The van der Waals surface area contributed by atoms with E-state index < -0.39 is 0 Å². The summed E-state index contributed by atoms with van der Waals surface area (Å²) in [6, 6.07) is 6.21. The van der Waals surface area contributed by atoms with Crippen molar-refractivity contribution in [1.82, 2.24) is 0 Å². The number of primary amides is 1. The Balaban J connectivity index is 3.03. The molecule has 0 saturated carbocycles. The highest BCUT2D eigenvalue weighted by atomic mass is 16.1. The summed E-state index contributed by atoms with van der Waals surface area (Å²) in [4.78, 5) is 10.8. The Morgan fingerprint density at radius 2 is 1.93 bits per heavy atom. The summed E-state index contributed by atoms with van der Waals surface area (Å²) in [5, 5.41) is 0. The molecule has 0 bridgehead atoms. The summed E-state index contributed by atoms with van der Waals surface area (Å²) in [5.41, 5.74) is 8.78. The third kappa shape index (κ3) is 3.08. The minimum absolute atomic E-state index is 0.149. The maximum absolute atomic E-state index is 10.8. The lowest BCUT2D eigenvalue weighted by molar-refractivity contribution is -0.117. The quantitative estimate of drug-likeness (QED) is 0.791. The first-order valence-electron chi connectivity index (χ1n) is 5.19. The summed E-state index contributed by atoms with van der Waals surface area (Å²) < 4.78 is 0. The second-order valence-electron chi connectivity index (χ2n) is 5.03. The van der Waals surface area contributed by atoms with Crippen molar-refractivity contribution in [2.75, 3.05) is 0 Å². The standard InChI is InChI=1S/C13H19NO/c1-9-7-11(13(2,3)4)6-5-10(9)8-12(14)15/h5-7H,8H2,1-4H3,(H2,14,15). The van der Waals surface area contributed by atoms with Crippen LogP contribution in [0.4, 0.5) is 0 Å². The largest absolute Gasteiger partial charge is 0.369 e. The number of carbonyl (C=O) groups excluding carboxylic acids is 1. The lowest BCUT2D eigenvalue weighted by Gasteiger charge is -2.20. The molecule has 0 heterocycles. The van der Waals surface area contributed by atoms with E-state index >= 15 is 0 Å². The van der Waals surface area contributed by atoms with Crippen LogP contribution in [0.3, 0.4) is 0 Å². The molecule has 2 N–H and O–H groups in total. The number of nitrogens with two attached hydrogens (primary N) is 1. The molecule has 82 valence electrons. The number of carbonyl (C=O) groups is 1. The second-order valence-corrected chi connectivity index (χ2v) is 5.03. The number of rotatable bonds is 2. The maximum Gasteiger partial charge on any atom is 0.221 e. The van der Waals surface area contributed by atoms with Crippen LogP contribution in [0.15, 0.2) is 18.2 Å². The Morgan fingerprint density at radius 3 is 2.33 bits per heavy atom. The van der Waals surface area contributed by atoms with E-state index in [1.54, 1.807) is 0 Å². The van der Waals surface area contributed by atoms with Gasteiger partial charge in [-0.15, -0.1) is 0 Å². The predicted octanol–water partition coefficient (Wildman–Crippen LogP) is 2.32. The summed E-state index contributed by atoms with van der Waals surface area (Å²) in [6.45, 7) is 8.55. The Bertz CT molecular complexity index is 375. The minimum Gasteiger partial charge on any atom is -0.369 e.